The van der Waals surface area contributed by atoms with Crippen molar-refractivity contribution in [2.45, 2.75) is 13.5 Å². The first-order valence-corrected chi connectivity index (χ1v) is 5.40. The average molecular weight is 230 g/mol. The average Bonchev–Trinajstić information content (AvgIpc) is 2.74. The van der Waals surface area contributed by atoms with Gasteiger partial charge < -0.3 is 15.4 Å². The van der Waals surface area contributed by atoms with Crippen LogP contribution in [0, 0.1) is 0 Å². The van der Waals surface area contributed by atoms with Crippen LogP contribution in [0.25, 0.3) is 11.1 Å². The summed E-state index contributed by atoms with van der Waals surface area (Å²) >= 11 is 0. The van der Waals surface area contributed by atoms with E-state index in [1.807, 2.05) is 29.8 Å². The largest absolute Gasteiger partial charge is 0.478 e. The molecular weight excluding hydrogens is 216 g/mol. The van der Waals surface area contributed by atoms with Crippen molar-refractivity contribution in [3.63, 3.8) is 0 Å². The molecule has 1 aromatic carbocycles. The molecule has 2 rings (SSSR count). The molecule has 0 unspecified atom stereocenters. The van der Waals surface area contributed by atoms with Gasteiger partial charge >= 0.3 is 5.97 Å². The fraction of sp³-hybridized carbons (Fsp3) is 0.154. The summed E-state index contributed by atoms with van der Waals surface area (Å²) < 4.78 is 1.86. The molecule has 17 heavy (non-hydrogen) atoms. The number of aromatic carboxylic acids is 1. The Hall–Kier alpha value is -2.23. The number of rotatable bonds is 3. The van der Waals surface area contributed by atoms with Crippen LogP contribution in [-0.2, 0) is 6.54 Å². The molecule has 0 amide bonds. The lowest BCUT2D eigenvalue weighted by molar-refractivity contribution is 0.0697. The number of nitrogens with two attached hydrogens (primary N) is 1. The van der Waals surface area contributed by atoms with Gasteiger partial charge in [0.15, 0.2) is 0 Å². The number of nitrogen functional groups attached to an aromatic ring is 1. The third kappa shape index (κ3) is 2.15. The van der Waals surface area contributed by atoms with E-state index in [9.17, 15) is 4.79 Å². The number of anilines is 1. The number of carboxylic acids is 1. The lowest BCUT2D eigenvalue weighted by atomic mass is 10.0. The Balaban J connectivity index is 2.53. The molecule has 0 aliphatic rings. The minimum Gasteiger partial charge on any atom is -0.478 e. The Morgan fingerprint density at radius 1 is 1.29 bits per heavy atom. The number of nitrogens with zero attached hydrogens (tertiary/aromatic N) is 1. The molecular formula is C13H14N2O2. The number of aromatic nitrogens is 1. The van der Waals surface area contributed by atoms with E-state index in [2.05, 4.69) is 0 Å². The molecule has 0 saturated heterocycles. The predicted molar refractivity (Wildman–Crippen MR) is 66.9 cm³/mol. The molecule has 3 N–H and O–H groups in total. The minimum absolute atomic E-state index is 0.316. The molecule has 1 aromatic heterocycles. The van der Waals surface area contributed by atoms with E-state index in [0.29, 0.717) is 11.3 Å². The van der Waals surface area contributed by atoms with Crippen LogP contribution in [0.4, 0.5) is 5.69 Å². The van der Waals surface area contributed by atoms with E-state index in [1.54, 1.807) is 18.3 Å². The topological polar surface area (TPSA) is 68.2 Å². The molecule has 0 radical (unpaired) electrons. The molecule has 1 heterocycles. The first kappa shape index (κ1) is 11.3. The Bertz CT molecular complexity index is 541. The maximum Gasteiger partial charge on any atom is 0.337 e. The van der Waals surface area contributed by atoms with Gasteiger partial charge in [-0.1, -0.05) is 12.1 Å². The second kappa shape index (κ2) is 4.33. The van der Waals surface area contributed by atoms with Gasteiger partial charge in [0, 0.05) is 30.2 Å². The molecule has 0 spiro atoms. The Morgan fingerprint density at radius 2 is 1.94 bits per heavy atom. The van der Waals surface area contributed by atoms with Crippen LogP contribution in [0.2, 0.25) is 0 Å². The lowest BCUT2D eigenvalue weighted by Gasteiger charge is -2.01. The summed E-state index contributed by atoms with van der Waals surface area (Å²) in [5.74, 6) is -0.913. The molecule has 88 valence electrons. The summed E-state index contributed by atoms with van der Waals surface area (Å²) in [6.07, 6.45) is 3.49. The fourth-order valence-electron chi connectivity index (χ4n) is 1.75. The highest BCUT2D eigenvalue weighted by molar-refractivity contribution is 5.96. The van der Waals surface area contributed by atoms with Gasteiger partial charge in [-0.15, -0.1) is 0 Å². The van der Waals surface area contributed by atoms with Gasteiger partial charge in [0.2, 0.25) is 0 Å². The third-order valence-electron chi connectivity index (χ3n) is 2.70. The summed E-state index contributed by atoms with van der Waals surface area (Å²) in [5, 5.41) is 9.15. The number of carbonyl (C=O) groups is 1. The van der Waals surface area contributed by atoms with E-state index in [0.717, 1.165) is 17.7 Å². The highest BCUT2D eigenvalue weighted by atomic mass is 16.4. The maximum absolute atomic E-state index is 11.2. The zero-order chi connectivity index (χ0) is 12.4. The second-order valence-electron chi connectivity index (χ2n) is 3.84. The molecule has 2 aromatic rings. The number of aryl methyl sites for hydroxylation is 1. The molecule has 0 aliphatic carbocycles. The van der Waals surface area contributed by atoms with Gasteiger partial charge in [-0.25, -0.2) is 4.79 Å². The first-order chi connectivity index (χ1) is 8.11. The summed E-state index contributed by atoms with van der Waals surface area (Å²) in [7, 11) is 0. The molecule has 4 heteroatoms. The molecule has 0 saturated carbocycles. The molecule has 0 atom stereocenters. The highest BCUT2D eigenvalue weighted by Crippen LogP contribution is 2.25. The minimum atomic E-state index is -0.913. The van der Waals surface area contributed by atoms with Crippen LogP contribution in [-0.4, -0.2) is 15.6 Å². The maximum atomic E-state index is 11.2. The summed E-state index contributed by atoms with van der Waals surface area (Å²) in [5.41, 5.74) is 8.18. The predicted octanol–water partition coefficient (Wildman–Crippen LogP) is 2.46. The van der Waals surface area contributed by atoms with Crippen molar-refractivity contribution in [1.82, 2.24) is 4.57 Å². The summed E-state index contributed by atoms with van der Waals surface area (Å²) in [6.45, 7) is 2.72. The van der Waals surface area contributed by atoms with Crippen LogP contribution in [0.3, 0.4) is 0 Å². The Morgan fingerprint density at radius 3 is 2.47 bits per heavy atom. The van der Waals surface area contributed by atoms with Gasteiger partial charge in [0.1, 0.15) is 0 Å². The lowest BCUT2D eigenvalue weighted by Crippen LogP contribution is -1.96. The van der Waals surface area contributed by atoms with E-state index in [4.69, 9.17) is 10.8 Å². The third-order valence-corrected chi connectivity index (χ3v) is 2.70. The number of benzene rings is 1. The fourth-order valence-corrected chi connectivity index (χ4v) is 1.75. The normalized spacial score (nSPS) is 10.4. The van der Waals surface area contributed by atoms with E-state index in [-0.39, 0.29) is 0 Å². The first-order valence-electron chi connectivity index (χ1n) is 5.40. The molecule has 0 aliphatic heterocycles. The van der Waals surface area contributed by atoms with Gasteiger partial charge in [0.25, 0.3) is 0 Å². The van der Waals surface area contributed by atoms with Gasteiger partial charge in [0.05, 0.1) is 5.56 Å². The van der Waals surface area contributed by atoms with Crippen LogP contribution < -0.4 is 5.73 Å². The van der Waals surface area contributed by atoms with Gasteiger partial charge in [-0.2, -0.15) is 0 Å². The van der Waals surface area contributed by atoms with Gasteiger partial charge in [-0.05, 0) is 24.6 Å². The van der Waals surface area contributed by atoms with Crippen molar-refractivity contribution >= 4 is 11.7 Å². The van der Waals surface area contributed by atoms with Crippen molar-refractivity contribution < 1.29 is 9.90 Å². The van der Waals surface area contributed by atoms with Crippen LogP contribution in [0.1, 0.15) is 17.3 Å². The standard InChI is InChI=1S/C13H14N2O2/c1-2-15-7-11(12(8-15)13(16)17)9-3-5-10(14)6-4-9/h3-8H,2,14H2,1H3,(H,16,17). The Kier molecular flexibility index (Phi) is 2.87. The summed E-state index contributed by atoms with van der Waals surface area (Å²) in [6, 6.07) is 7.20. The zero-order valence-electron chi connectivity index (χ0n) is 9.55. The SMILES string of the molecule is CCn1cc(C(=O)O)c(-c2ccc(N)cc2)c1. The van der Waals surface area contributed by atoms with E-state index >= 15 is 0 Å². The Labute approximate surface area is 99.3 Å². The van der Waals surface area contributed by atoms with E-state index < -0.39 is 5.97 Å². The van der Waals surface area contributed by atoms with Crippen molar-refractivity contribution in [2.24, 2.45) is 0 Å². The molecule has 4 nitrogen and oxygen atoms in total. The number of carboxylic acid groups (broad SMARTS) is 1. The molecule has 0 fully saturated rings. The number of hydrogen-bond acceptors (Lipinski definition) is 2. The van der Waals surface area contributed by atoms with Crippen LogP contribution in [0.15, 0.2) is 36.7 Å². The van der Waals surface area contributed by atoms with Crippen LogP contribution >= 0.6 is 0 Å². The van der Waals surface area contributed by atoms with Crippen molar-refractivity contribution in [3.8, 4) is 11.1 Å². The molecule has 0 bridgehead atoms. The van der Waals surface area contributed by atoms with Crippen molar-refractivity contribution in [1.29, 1.82) is 0 Å². The zero-order valence-corrected chi connectivity index (χ0v) is 9.55. The highest BCUT2D eigenvalue weighted by Gasteiger charge is 2.14. The quantitative estimate of drug-likeness (QED) is 0.796. The van der Waals surface area contributed by atoms with Crippen LogP contribution in [0.5, 0.6) is 0 Å². The smallest absolute Gasteiger partial charge is 0.337 e. The number of hydrogen-bond donors (Lipinski definition) is 2. The monoisotopic (exact) mass is 230 g/mol. The van der Waals surface area contributed by atoms with Crippen molar-refractivity contribution in [3.05, 3.63) is 42.2 Å². The summed E-state index contributed by atoms with van der Waals surface area (Å²) in [4.78, 5) is 11.2. The van der Waals surface area contributed by atoms with E-state index in [1.165, 1.54) is 0 Å². The second-order valence-corrected chi connectivity index (χ2v) is 3.84. The van der Waals surface area contributed by atoms with Gasteiger partial charge in [-0.3, -0.25) is 0 Å². The van der Waals surface area contributed by atoms with Crippen molar-refractivity contribution in [2.75, 3.05) is 5.73 Å².